The Hall–Kier alpha value is -4.50. The van der Waals surface area contributed by atoms with Gasteiger partial charge < -0.3 is 10.2 Å². The summed E-state index contributed by atoms with van der Waals surface area (Å²) in [7, 11) is -4.18. The van der Waals surface area contributed by atoms with Crippen LogP contribution in [0.25, 0.3) is 0 Å². The van der Waals surface area contributed by atoms with Crippen molar-refractivity contribution in [1.82, 2.24) is 10.2 Å². The summed E-state index contributed by atoms with van der Waals surface area (Å²) in [5, 5.41) is 3.16. The minimum atomic E-state index is -4.18. The topological polar surface area (TPSA) is 86.8 Å². The molecule has 7 nitrogen and oxygen atoms in total. The van der Waals surface area contributed by atoms with E-state index in [-0.39, 0.29) is 29.8 Å². The molecule has 0 radical (unpaired) electrons. The van der Waals surface area contributed by atoms with Crippen LogP contribution in [0.1, 0.15) is 47.9 Å². The maximum atomic E-state index is 14.6. The lowest BCUT2D eigenvalue weighted by Crippen LogP contribution is -2.54. The molecule has 0 saturated heterocycles. The molecule has 1 saturated carbocycles. The second-order valence-corrected chi connectivity index (χ2v) is 13.8. The Morgan fingerprint density at radius 2 is 1.48 bits per heavy atom. The molecule has 0 spiro atoms. The van der Waals surface area contributed by atoms with Crippen LogP contribution in [0.15, 0.2) is 108 Å². The smallest absolute Gasteiger partial charge is 0.264 e. The molecular weight excluding hydrogens is 601 g/mol. The van der Waals surface area contributed by atoms with Crippen LogP contribution in [0.2, 0.25) is 0 Å². The van der Waals surface area contributed by atoms with E-state index in [4.69, 9.17) is 0 Å². The molecule has 240 valence electrons. The number of rotatable bonds is 12. The number of nitrogens with zero attached hydrogens (tertiary/aromatic N) is 2. The number of halogens is 1. The largest absolute Gasteiger partial charge is 0.352 e. The number of sulfonamides is 1. The van der Waals surface area contributed by atoms with Crippen molar-refractivity contribution in [2.45, 2.75) is 69.5 Å². The van der Waals surface area contributed by atoms with E-state index >= 15 is 0 Å². The molecule has 2 amide bonds. The predicted molar refractivity (Wildman–Crippen MR) is 178 cm³/mol. The van der Waals surface area contributed by atoms with Crippen LogP contribution in [0, 0.1) is 19.7 Å². The second-order valence-electron chi connectivity index (χ2n) is 12.0. The minimum Gasteiger partial charge on any atom is -0.352 e. The Bertz CT molecular complexity index is 1740. The van der Waals surface area contributed by atoms with Gasteiger partial charge in [0, 0.05) is 19.0 Å². The van der Waals surface area contributed by atoms with Crippen molar-refractivity contribution < 1.29 is 22.4 Å². The Morgan fingerprint density at radius 1 is 0.848 bits per heavy atom. The lowest BCUT2D eigenvalue weighted by molar-refractivity contribution is -0.140. The van der Waals surface area contributed by atoms with E-state index in [2.05, 4.69) is 5.32 Å². The molecule has 5 rings (SSSR count). The Morgan fingerprint density at radius 3 is 2.11 bits per heavy atom. The molecule has 4 aromatic carbocycles. The van der Waals surface area contributed by atoms with Gasteiger partial charge in [-0.3, -0.25) is 13.9 Å². The van der Waals surface area contributed by atoms with Crippen LogP contribution in [0.5, 0.6) is 0 Å². The summed E-state index contributed by atoms with van der Waals surface area (Å²) in [6, 6.07) is 27.7. The number of carbonyl (C=O) groups excluding carboxylic acids is 2. The predicted octanol–water partition coefficient (Wildman–Crippen LogP) is 6.34. The van der Waals surface area contributed by atoms with Crippen LogP contribution in [-0.2, 0) is 32.6 Å². The van der Waals surface area contributed by atoms with Crippen molar-refractivity contribution in [2.75, 3.05) is 10.8 Å². The average Bonchev–Trinajstić information content (AvgIpc) is 3.56. The van der Waals surface area contributed by atoms with Gasteiger partial charge in [0.1, 0.15) is 18.4 Å². The van der Waals surface area contributed by atoms with Crippen molar-refractivity contribution in [2.24, 2.45) is 0 Å². The van der Waals surface area contributed by atoms with Crippen LogP contribution >= 0.6 is 0 Å². The summed E-state index contributed by atoms with van der Waals surface area (Å²) in [6.45, 7) is 3.18. The van der Waals surface area contributed by atoms with Crippen LogP contribution < -0.4 is 9.62 Å². The molecule has 46 heavy (non-hydrogen) atoms. The number of hydrogen-bond donors (Lipinski definition) is 1. The van der Waals surface area contributed by atoms with Crippen molar-refractivity contribution in [3.8, 4) is 0 Å². The van der Waals surface area contributed by atoms with Crippen LogP contribution in [-0.4, -0.2) is 43.8 Å². The van der Waals surface area contributed by atoms with Crippen molar-refractivity contribution in [3.63, 3.8) is 0 Å². The highest BCUT2D eigenvalue weighted by Gasteiger charge is 2.36. The van der Waals surface area contributed by atoms with Gasteiger partial charge in [-0.25, -0.2) is 12.8 Å². The molecule has 1 N–H and O–H groups in total. The standard InChI is InChI=1S/C37H40FN3O4S/c1-27-17-22-34(28(2)23-27)41(46(44,45)33-15-7-4-8-16-33)26-36(42)40(25-30-18-20-31(38)21-19-30)35(24-29-11-5-3-6-12-29)37(43)39-32-13-9-10-14-32/h3-8,11-12,15-23,32,35H,9-10,13-14,24-26H2,1-2H3,(H,39,43). The first kappa shape index (κ1) is 32.9. The summed E-state index contributed by atoms with van der Waals surface area (Å²) in [5.74, 6) is -1.27. The third-order valence-corrected chi connectivity index (χ3v) is 10.2. The van der Waals surface area contributed by atoms with Gasteiger partial charge >= 0.3 is 0 Å². The monoisotopic (exact) mass is 641 g/mol. The van der Waals surface area contributed by atoms with E-state index in [1.165, 1.54) is 29.2 Å². The highest BCUT2D eigenvalue weighted by atomic mass is 32.2. The first-order chi connectivity index (χ1) is 22.1. The lowest BCUT2D eigenvalue weighted by atomic mass is 10.0. The van der Waals surface area contributed by atoms with Gasteiger partial charge in [-0.05, 0) is 73.7 Å². The molecule has 0 bridgehead atoms. The fourth-order valence-corrected chi connectivity index (χ4v) is 7.53. The van der Waals surface area contributed by atoms with Gasteiger partial charge in [-0.2, -0.15) is 0 Å². The molecular formula is C37H40FN3O4S. The zero-order valence-electron chi connectivity index (χ0n) is 26.2. The molecule has 1 aliphatic carbocycles. The van der Waals surface area contributed by atoms with Crippen molar-refractivity contribution >= 4 is 27.5 Å². The summed E-state index contributed by atoms with van der Waals surface area (Å²) >= 11 is 0. The second kappa shape index (κ2) is 14.7. The summed E-state index contributed by atoms with van der Waals surface area (Å²) in [5.41, 5.74) is 3.49. The molecule has 9 heteroatoms. The molecule has 0 aromatic heterocycles. The molecule has 0 aliphatic heterocycles. The molecule has 4 aromatic rings. The Kier molecular flexibility index (Phi) is 10.5. The highest BCUT2D eigenvalue weighted by molar-refractivity contribution is 7.92. The molecule has 1 aliphatic rings. The quantitative estimate of drug-likeness (QED) is 0.196. The zero-order chi connectivity index (χ0) is 32.7. The van der Waals surface area contributed by atoms with Crippen LogP contribution in [0.3, 0.4) is 0 Å². The summed E-state index contributed by atoms with van der Waals surface area (Å²) < 4.78 is 43.4. The number of aryl methyl sites for hydroxylation is 2. The van der Waals surface area contributed by atoms with Gasteiger partial charge in [0.05, 0.1) is 10.6 Å². The van der Waals surface area contributed by atoms with Gasteiger partial charge in [0.25, 0.3) is 10.0 Å². The average molecular weight is 642 g/mol. The minimum absolute atomic E-state index is 0.0127. The van der Waals surface area contributed by atoms with E-state index in [0.717, 1.165) is 41.1 Å². The van der Waals surface area contributed by atoms with Gasteiger partial charge in [0.15, 0.2) is 0 Å². The van der Waals surface area contributed by atoms with E-state index in [1.807, 2.05) is 56.3 Å². The molecule has 1 atom stereocenters. The number of amides is 2. The first-order valence-corrected chi connectivity index (χ1v) is 17.1. The molecule has 0 heterocycles. The SMILES string of the molecule is Cc1ccc(N(CC(=O)N(Cc2ccc(F)cc2)C(Cc2ccccc2)C(=O)NC2CCCC2)S(=O)(=O)c2ccccc2)c(C)c1. The Balaban J connectivity index is 1.57. The van der Waals surface area contributed by atoms with E-state index in [1.54, 1.807) is 36.4 Å². The third-order valence-electron chi connectivity index (χ3n) is 8.47. The van der Waals surface area contributed by atoms with Crippen LogP contribution in [0.4, 0.5) is 10.1 Å². The van der Waals surface area contributed by atoms with Crippen molar-refractivity contribution in [3.05, 3.63) is 131 Å². The summed E-state index contributed by atoms with van der Waals surface area (Å²) in [6.07, 6.45) is 4.00. The first-order valence-electron chi connectivity index (χ1n) is 15.6. The fourth-order valence-electron chi connectivity index (χ4n) is 6.03. The molecule has 1 unspecified atom stereocenters. The van der Waals surface area contributed by atoms with E-state index in [9.17, 15) is 22.4 Å². The third kappa shape index (κ3) is 8.01. The van der Waals surface area contributed by atoms with Gasteiger partial charge in [-0.1, -0.05) is 91.2 Å². The van der Waals surface area contributed by atoms with Gasteiger partial charge in [-0.15, -0.1) is 0 Å². The highest BCUT2D eigenvalue weighted by Crippen LogP contribution is 2.29. The van der Waals surface area contributed by atoms with E-state index in [0.29, 0.717) is 16.8 Å². The maximum Gasteiger partial charge on any atom is 0.264 e. The zero-order valence-corrected chi connectivity index (χ0v) is 27.0. The lowest BCUT2D eigenvalue weighted by Gasteiger charge is -2.34. The van der Waals surface area contributed by atoms with Crippen molar-refractivity contribution in [1.29, 1.82) is 0 Å². The number of benzene rings is 4. The fraction of sp³-hybridized carbons (Fsp3) is 0.297. The number of carbonyl (C=O) groups is 2. The normalized spacial score (nSPS) is 14.1. The molecule has 1 fully saturated rings. The number of nitrogens with one attached hydrogen (secondary N) is 1. The van der Waals surface area contributed by atoms with Gasteiger partial charge in [0.2, 0.25) is 11.8 Å². The maximum absolute atomic E-state index is 14.6. The summed E-state index contributed by atoms with van der Waals surface area (Å²) in [4.78, 5) is 30.2. The Labute approximate surface area is 271 Å². The number of hydrogen-bond acceptors (Lipinski definition) is 4. The number of anilines is 1. The van der Waals surface area contributed by atoms with E-state index < -0.39 is 34.3 Å².